The molecule has 0 aliphatic heterocycles. The van der Waals surface area contributed by atoms with Crippen molar-refractivity contribution >= 4 is 5.82 Å². The first-order valence-corrected chi connectivity index (χ1v) is 6.69. The molecule has 3 heteroatoms. The first-order valence-electron chi connectivity index (χ1n) is 6.69. The van der Waals surface area contributed by atoms with Gasteiger partial charge in [0.25, 0.3) is 0 Å². The van der Waals surface area contributed by atoms with Gasteiger partial charge < -0.3 is 5.32 Å². The highest BCUT2D eigenvalue weighted by atomic mass is 15.1. The van der Waals surface area contributed by atoms with Crippen LogP contribution in [0.5, 0.6) is 0 Å². The van der Waals surface area contributed by atoms with Crippen LogP contribution in [-0.4, -0.2) is 16.0 Å². The predicted octanol–water partition coefficient (Wildman–Crippen LogP) is 3.33. The third kappa shape index (κ3) is 2.76. The first kappa shape index (κ1) is 12.3. The lowest BCUT2D eigenvalue weighted by molar-refractivity contribution is 0.391. The molecule has 1 aromatic heterocycles. The number of aryl methyl sites for hydroxylation is 2. The maximum absolute atomic E-state index is 4.46. The van der Waals surface area contributed by atoms with Gasteiger partial charge in [0.15, 0.2) is 0 Å². The van der Waals surface area contributed by atoms with E-state index in [1.54, 1.807) is 0 Å². The van der Waals surface area contributed by atoms with E-state index in [0.717, 1.165) is 29.2 Å². The molecule has 2 rings (SSSR count). The van der Waals surface area contributed by atoms with Crippen LogP contribution in [0.2, 0.25) is 0 Å². The Kier molecular flexibility index (Phi) is 3.65. The third-order valence-electron chi connectivity index (χ3n) is 4.05. The average molecular weight is 233 g/mol. The van der Waals surface area contributed by atoms with Gasteiger partial charge in [0.05, 0.1) is 0 Å². The molecular weight excluding hydrogens is 210 g/mol. The fraction of sp³-hybridized carbons (Fsp3) is 0.714. The van der Waals surface area contributed by atoms with Crippen molar-refractivity contribution in [3.8, 4) is 0 Å². The van der Waals surface area contributed by atoms with Gasteiger partial charge >= 0.3 is 0 Å². The molecule has 94 valence electrons. The summed E-state index contributed by atoms with van der Waals surface area (Å²) in [5.41, 5.74) is 1.04. The number of anilines is 1. The molecule has 0 radical (unpaired) electrons. The van der Waals surface area contributed by atoms with Crippen molar-refractivity contribution in [1.29, 1.82) is 0 Å². The number of rotatable bonds is 3. The lowest BCUT2D eigenvalue weighted by Gasteiger charge is -2.21. The fourth-order valence-electron chi connectivity index (χ4n) is 3.01. The standard InChI is InChI=1S/C14H23N3/c1-5-12-6-7-13(10(12)3)17-14-8-9(2)15-11(4)16-14/h8,10,12-13H,5-7H2,1-4H3,(H,15,16,17). The molecular formula is C14H23N3. The average Bonchev–Trinajstić information content (AvgIpc) is 2.58. The van der Waals surface area contributed by atoms with Crippen molar-refractivity contribution in [3.63, 3.8) is 0 Å². The van der Waals surface area contributed by atoms with Crippen LogP contribution in [0.4, 0.5) is 5.82 Å². The van der Waals surface area contributed by atoms with E-state index >= 15 is 0 Å². The van der Waals surface area contributed by atoms with Crippen LogP contribution in [-0.2, 0) is 0 Å². The summed E-state index contributed by atoms with van der Waals surface area (Å²) in [5, 5.41) is 3.59. The predicted molar refractivity (Wildman–Crippen MR) is 71.1 cm³/mol. The van der Waals surface area contributed by atoms with Crippen molar-refractivity contribution in [2.75, 3.05) is 5.32 Å². The van der Waals surface area contributed by atoms with Crippen molar-refractivity contribution in [3.05, 3.63) is 17.6 Å². The Morgan fingerprint density at radius 2 is 2.06 bits per heavy atom. The zero-order valence-corrected chi connectivity index (χ0v) is 11.3. The summed E-state index contributed by atoms with van der Waals surface area (Å²) in [4.78, 5) is 8.77. The Morgan fingerprint density at radius 3 is 2.65 bits per heavy atom. The SMILES string of the molecule is CCC1CCC(Nc2cc(C)nc(C)n2)C1C. The molecule has 1 saturated carbocycles. The van der Waals surface area contributed by atoms with Gasteiger partial charge in [-0.1, -0.05) is 20.3 Å². The van der Waals surface area contributed by atoms with E-state index < -0.39 is 0 Å². The van der Waals surface area contributed by atoms with Crippen molar-refractivity contribution in [2.24, 2.45) is 11.8 Å². The second-order valence-corrected chi connectivity index (χ2v) is 5.30. The molecule has 0 amide bonds. The number of nitrogens with zero attached hydrogens (tertiary/aromatic N) is 2. The Bertz CT molecular complexity index is 369. The van der Waals surface area contributed by atoms with Gasteiger partial charge in [0.2, 0.25) is 0 Å². The van der Waals surface area contributed by atoms with Crippen molar-refractivity contribution in [2.45, 2.75) is 53.0 Å². The Balaban J connectivity index is 2.06. The van der Waals surface area contributed by atoms with E-state index in [1.165, 1.54) is 19.3 Å². The molecule has 0 bridgehead atoms. The topological polar surface area (TPSA) is 37.8 Å². The molecule has 0 spiro atoms. The van der Waals surface area contributed by atoms with E-state index in [1.807, 2.05) is 19.9 Å². The van der Waals surface area contributed by atoms with Crippen LogP contribution < -0.4 is 5.32 Å². The highest BCUT2D eigenvalue weighted by Crippen LogP contribution is 2.35. The third-order valence-corrected chi connectivity index (χ3v) is 4.05. The lowest BCUT2D eigenvalue weighted by atomic mass is 9.93. The summed E-state index contributed by atoms with van der Waals surface area (Å²) in [7, 11) is 0. The highest BCUT2D eigenvalue weighted by Gasteiger charge is 2.31. The van der Waals surface area contributed by atoms with Crippen LogP contribution in [0.15, 0.2) is 6.07 Å². The molecule has 1 aromatic rings. The molecule has 1 aliphatic rings. The second-order valence-electron chi connectivity index (χ2n) is 5.30. The minimum atomic E-state index is 0.577. The zero-order valence-electron chi connectivity index (χ0n) is 11.3. The van der Waals surface area contributed by atoms with Crippen molar-refractivity contribution < 1.29 is 0 Å². The number of aromatic nitrogens is 2. The molecule has 0 aromatic carbocycles. The molecule has 1 fully saturated rings. The summed E-state index contributed by atoms with van der Waals surface area (Å²) in [6.45, 7) is 8.63. The van der Waals surface area contributed by atoms with E-state index in [0.29, 0.717) is 6.04 Å². The second kappa shape index (κ2) is 5.03. The Labute approximate surface area is 104 Å². The minimum absolute atomic E-state index is 0.577. The summed E-state index contributed by atoms with van der Waals surface area (Å²) >= 11 is 0. The van der Waals surface area contributed by atoms with Gasteiger partial charge in [0, 0.05) is 17.8 Å². The summed E-state index contributed by atoms with van der Waals surface area (Å²) < 4.78 is 0. The Hall–Kier alpha value is -1.12. The van der Waals surface area contributed by atoms with Crippen LogP contribution in [0.1, 0.15) is 44.6 Å². The van der Waals surface area contributed by atoms with E-state index in [9.17, 15) is 0 Å². The largest absolute Gasteiger partial charge is 0.367 e. The maximum Gasteiger partial charge on any atom is 0.130 e. The maximum atomic E-state index is 4.46. The fourth-order valence-corrected chi connectivity index (χ4v) is 3.01. The minimum Gasteiger partial charge on any atom is -0.367 e. The molecule has 1 N–H and O–H groups in total. The summed E-state index contributed by atoms with van der Waals surface area (Å²) in [6, 6.07) is 2.62. The van der Waals surface area contributed by atoms with Crippen LogP contribution in [0.3, 0.4) is 0 Å². The Morgan fingerprint density at radius 1 is 1.29 bits per heavy atom. The molecule has 1 aliphatic carbocycles. The van der Waals surface area contributed by atoms with E-state index in [4.69, 9.17) is 0 Å². The monoisotopic (exact) mass is 233 g/mol. The summed E-state index contributed by atoms with van der Waals surface area (Å²) in [6.07, 6.45) is 3.90. The first-order chi connectivity index (χ1) is 8.10. The van der Waals surface area contributed by atoms with Gasteiger partial charge in [0.1, 0.15) is 11.6 Å². The highest BCUT2D eigenvalue weighted by molar-refractivity contribution is 5.37. The summed E-state index contributed by atoms with van der Waals surface area (Å²) in [5.74, 6) is 3.46. The molecule has 1 heterocycles. The zero-order chi connectivity index (χ0) is 12.4. The molecule has 0 saturated heterocycles. The smallest absolute Gasteiger partial charge is 0.130 e. The number of hydrogen-bond acceptors (Lipinski definition) is 3. The van der Waals surface area contributed by atoms with Crippen LogP contribution >= 0.6 is 0 Å². The van der Waals surface area contributed by atoms with E-state index in [-0.39, 0.29) is 0 Å². The van der Waals surface area contributed by atoms with Gasteiger partial charge in [-0.05, 0) is 38.5 Å². The van der Waals surface area contributed by atoms with Gasteiger partial charge in [-0.3, -0.25) is 0 Å². The number of hydrogen-bond donors (Lipinski definition) is 1. The molecule has 3 unspecified atom stereocenters. The van der Waals surface area contributed by atoms with Crippen LogP contribution in [0, 0.1) is 25.7 Å². The van der Waals surface area contributed by atoms with Crippen molar-refractivity contribution in [1.82, 2.24) is 9.97 Å². The lowest BCUT2D eigenvalue weighted by Crippen LogP contribution is -2.25. The molecule has 3 nitrogen and oxygen atoms in total. The van der Waals surface area contributed by atoms with Gasteiger partial charge in [-0.15, -0.1) is 0 Å². The van der Waals surface area contributed by atoms with Gasteiger partial charge in [-0.25, -0.2) is 9.97 Å². The molecule has 17 heavy (non-hydrogen) atoms. The molecule has 3 atom stereocenters. The van der Waals surface area contributed by atoms with Gasteiger partial charge in [-0.2, -0.15) is 0 Å². The number of nitrogens with one attached hydrogen (secondary N) is 1. The quantitative estimate of drug-likeness (QED) is 0.870. The van der Waals surface area contributed by atoms with E-state index in [2.05, 4.69) is 29.1 Å². The normalized spacial score (nSPS) is 28.4. The van der Waals surface area contributed by atoms with Crippen LogP contribution in [0.25, 0.3) is 0 Å².